The number of nitro groups is 1. The smallest absolute Gasteiger partial charge is 0.273 e. The van der Waals surface area contributed by atoms with E-state index in [2.05, 4.69) is 18.7 Å². The molecule has 0 bridgehead atoms. The minimum atomic E-state index is -0.470. The standard InChI is InChI=1S/C20H22N2O3/c1-4-21(5-2)18-11-7-16(8-12-18)9-13-20(23)17-10-6-15(3)19(14-17)22(24)25/h6-14H,4-5H2,1-3H3. The molecule has 2 aromatic carbocycles. The van der Waals surface area contributed by atoms with Crippen molar-refractivity contribution in [2.75, 3.05) is 18.0 Å². The van der Waals surface area contributed by atoms with Crippen molar-refractivity contribution in [3.05, 3.63) is 75.3 Å². The van der Waals surface area contributed by atoms with Crippen LogP contribution in [0.25, 0.3) is 6.08 Å². The molecule has 0 saturated heterocycles. The van der Waals surface area contributed by atoms with Crippen molar-refractivity contribution in [3.8, 4) is 0 Å². The van der Waals surface area contributed by atoms with Crippen molar-refractivity contribution in [2.24, 2.45) is 0 Å². The molecule has 25 heavy (non-hydrogen) atoms. The first-order valence-corrected chi connectivity index (χ1v) is 8.28. The highest BCUT2D eigenvalue weighted by atomic mass is 16.6. The lowest BCUT2D eigenvalue weighted by Gasteiger charge is -2.20. The maximum Gasteiger partial charge on any atom is 0.273 e. The van der Waals surface area contributed by atoms with Crippen LogP contribution >= 0.6 is 0 Å². The van der Waals surface area contributed by atoms with Gasteiger partial charge in [0.1, 0.15) is 0 Å². The molecule has 5 nitrogen and oxygen atoms in total. The molecule has 0 atom stereocenters. The lowest BCUT2D eigenvalue weighted by Crippen LogP contribution is -2.21. The van der Waals surface area contributed by atoms with Gasteiger partial charge in [-0.2, -0.15) is 0 Å². The van der Waals surface area contributed by atoms with E-state index >= 15 is 0 Å². The Kier molecular flexibility index (Phi) is 6.06. The van der Waals surface area contributed by atoms with Crippen LogP contribution < -0.4 is 4.90 Å². The number of rotatable bonds is 7. The summed E-state index contributed by atoms with van der Waals surface area (Å²) in [6.45, 7) is 7.75. The Balaban J connectivity index is 2.15. The molecule has 0 N–H and O–H groups in total. The second kappa shape index (κ2) is 8.24. The van der Waals surface area contributed by atoms with Gasteiger partial charge in [0.25, 0.3) is 5.69 Å². The molecule has 2 aromatic rings. The topological polar surface area (TPSA) is 63.5 Å². The van der Waals surface area contributed by atoms with E-state index in [1.54, 1.807) is 25.1 Å². The van der Waals surface area contributed by atoms with Crippen LogP contribution in [0.5, 0.6) is 0 Å². The van der Waals surface area contributed by atoms with E-state index < -0.39 is 4.92 Å². The number of nitrogens with zero attached hydrogens (tertiary/aromatic N) is 2. The summed E-state index contributed by atoms with van der Waals surface area (Å²) in [4.78, 5) is 25.0. The van der Waals surface area contributed by atoms with Crippen LogP contribution in [0.15, 0.2) is 48.5 Å². The second-order valence-electron chi connectivity index (χ2n) is 5.72. The first kappa shape index (κ1) is 18.4. The molecule has 2 rings (SSSR count). The lowest BCUT2D eigenvalue weighted by molar-refractivity contribution is -0.385. The summed E-state index contributed by atoms with van der Waals surface area (Å²) in [5, 5.41) is 11.0. The number of aryl methyl sites for hydroxylation is 1. The number of ketones is 1. The minimum absolute atomic E-state index is 0.0391. The maximum absolute atomic E-state index is 12.3. The van der Waals surface area contributed by atoms with Gasteiger partial charge in [0, 0.05) is 36.0 Å². The van der Waals surface area contributed by atoms with Crippen LogP contribution in [0.3, 0.4) is 0 Å². The quantitative estimate of drug-likeness (QED) is 0.319. The summed E-state index contributed by atoms with van der Waals surface area (Å²) in [6, 6.07) is 12.5. The average Bonchev–Trinajstić information content (AvgIpc) is 2.62. The normalized spacial score (nSPS) is 10.8. The number of hydrogen-bond donors (Lipinski definition) is 0. The molecule has 0 spiro atoms. The van der Waals surface area contributed by atoms with Crippen LogP contribution in [0.4, 0.5) is 11.4 Å². The molecule has 0 radical (unpaired) electrons. The SMILES string of the molecule is CCN(CC)c1ccc(C=CC(=O)c2ccc(C)c([N+](=O)[O-])c2)cc1. The van der Waals surface area contributed by atoms with E-state index in [1.807, 2.05) is 24.3 Å². The average molecular weight is 338 g/mol. The number of carbonyl (C=O) groups is 1. The van der Waals surface area contributed by atoms with Gasteiger partial charge in [-0.1, -0.05) is 30.3 Å². The lowest BCUT2D eigenvalue weighted by atomic mass is 10.1. The highest BCUT2D eigenvalue weighted by Crippen LogP contribution is 2.20. The van der Waals surface area contributed by atoms with Crippen LogP contribution in [-0.4, -0.2) is 23.8 Å². The Hall–Kier alpha value is -2.95. The fourth-order valence-corrected chi connectivity index (χ4v) is 2.61. The molecule has 0 unspecified atom stereocenters. The predicted octanol–water partition coefficient (Wildman–Crippen LogP) is 4.65. The highest BCUT2D eigenvalue weighted by Gasteiger charge is 2.13. The largest absolute Gasteiger partial charge is 0.372 e. The molecule has 0 saturated carbocycles. The Morgan fingerprint density at radius 3 is 2.32 bits per heavy atom. The number of carbonyl (C=O) groups excluding carboxylic acids is 1. The van der Waals surface area contributed by atoms with Gasteiger partial charge in [0.2, 0.25) is 0 Å². The number of hydrogen-bond acceptors (Lipinski definition) is 4. The monoisotopic (exact) mass is 338 g/mol. The van der Waals surface area contributed by atoms with Crippen LogP contribution in [-0.2, 0) is 0 Å². The molecule has 0 heterocycles. The number of anilines is 1. The maximum atomic E-state index is 12.3. The number of nitro benzene ring substituents is 1. The molecule has 0 aliphatic carbocycles. The fourth-order valence-electron chi connectivity index (χ4n) is 2.61. The van der Waals surface area contributed by atoms with Gasteiger partial charge < -0.3 is 4.90 Å². The third-order valence-electron chi connectivity index (χ3n) is 4.14. The van der Waals surface area contributed by atoms with E-state index in [1.165, 1.54) is 12.1 Å². The van der Waals surface area contributed by atoms with Gasteiger partial charge in [-0.25, -0.2) is 0 Å². The second-order valence-corrected chi connectivity index (χ2v) is 5.72. The van der Waals surface area contributed by atoms with Gasteiger partial charge >= 0.3 is 0 Å². The van der Waals surface area contributed by atoms with Gasteiger partial charge in [-0.05, 0) is 44.5 Å². The molecule has 0 aliphatic heterocycles. The van der Waals surface area contributed by atoms with Crippen LogP contribution in [0.2, 0.25) is 0 Å². The van der Waals surface area contributed by atoms with Crippen molar-refractivity contribution in [3.63, 3.8) is 0 Å². The first-order valence-electron chi connectivity index (χ1n) is 8.28. The third-order valence-corrected chi connectivity index (χ3v) is 4.14. The molecular weight excluding hydrogens is 316 g/mol. The zero-order valence-electron chi connectivity index (χ0n) is 14.7. The van der Waals surface area contributed by atoms with Gasteiger partial charge in [-0.3, -0.25) is 14.9 Å². The Bertz CT molecular complexity index is 791. The summed E-state index contributed by atoms with van der Waals surface area (Å²) >= 11 is 0. The van der Waals surface area contributed by atoms with E-state index in [4.69, 9.17) is 0 Å². The Morgan fingerprint density at radius 2 is 1.76 bits per heavy atom. The molecule has 0 aromatic heterocycles. The molecule has 5 heteroatoms. The van der Waals surface area contributed by atoms with E-state index in [0.717, 1.165) is 24.3 Å². The molecule has 0 aliphatic rings. The van der Waals surface area contributed by atoms with Gasteiger partial charge in [0.05, 0.1) is 4.92 Å². The summed E-state index contributed by atoms with van der Waals surface area (Å²) in [7, 11) is 0. The highest BCUT2D eigenvalue weighted by molar-refractivity contribution is 6.07. The van der Waals surface area contributed by atoms with Crippen molar-refractivity contribution >= 4 is 23.2 Å². The Morgan fingerprint density at radius 1 is 1.12 bits per heavy atom. The summed E-state index contributed by atoms with van der Waals surface area (Å²) in [5.41, 5.74) is 2.86. The third kappa shape index (κ3) is 4.53. The zero-order valence-corrected chi connectivity index (χ0v) is 14.7. The first-order chi connectivity index (χ1) is 12.0. The van der Waals surface area contributed by atoms with E-state index in [0.29, 0.717) is 11.1 Å². The molecule has 0 fully saturated rings. The van der Waals surface area contributed by atoms with Crippen molar-refractivity contribution < 1.29 is 9.72 Å². The molecule has 0 amide bonds. The van der Waals surface area contributed by atoms with Crippen LogP contribution in [0, 0.1) is 17.0 Å². The van der Waals surface area contributed by atoms with Gasteiger partial charge in [0.15, 0.2) is 5.78 Å². The molecular formula is C20H22N2O3. The molecule has 130 valence electrons. The summed E-state index contributed by atoms with van der Waals surface area (Å²) in [5.74, 6) is -0.254. The van der Waals surface area contributed by atoms with E-state index in [-0.39, 0.29) is 11.5 Å². The fraction of sp³-hybridized carbons (Fsp3) is 0.250. The minimum Gasteiger partial charge on any atom is -0.372 e. The van der Waals surface area contributed by atoms with Crippen molar-refractivity contribution in [2.45, 2.75) is 20.8 Å². The zero-order chi connectivity index (χ0) is 18.4. The number of allylic oxidation sites excluding steroid dienone is 1. The van der Waals surface area contributed by atoms with Crippen LogP contribution in [0.1, 0.15) is 35.3 Å². The summed E-state index contributed by atoms with van der Waals surface area (Å²) < 4.78 is 0. The Labute approximate surface area is 147 Å². The summed E-state index contributed by atoms with van der Waals surface area (Å²) in [6.07, 6.45) is 3.17. The van der Waals surface area contributed by atoms with Crippen molar-refractivity contribution in [1.29, 1.82) is 0 Å². The predicted molar refractivity (Wildman–Crippen MR) is 101 cm³/mol. The van der Waals surface area contributed by atoms with Crippen molar-refractivity contribution in [1.82, 2.24) is 0 Å². The van der Waals surface area contributed by atoms with Gasteiger partial charge in [-0.15, -0.1) is 0 Å². The van der Waals surface area contributed by atoms with E-state index in [9.17, 15) is 14.9 Å². The number of benzene rings is 2.